The van der Waals surface area contributed by atoms with Crippen LogP contribution >= 0.6 is 0 Å². The molecule has 1 fully saturated rings. The highest BCUT2D eigenvalue weighted by atomic mass is 16.5. The van der Waals surface area contributed by atoms with Gasteiger partial charge in [-0.25, -0.2) is 0 Å². The summed E-state index contributed by atoms with van der Waals surface area (Å²) in [5.41, 5.74) is 3.05. The van der Waals surface area contributed by atoms with Gasteiger partial charge in [-0.3, -0.25) is 4.79 Å². The molecule has 2 aliphatic heterocycles. The standard InChI is InChI=1S/C25H23N3O2/c1-2-30-20-15-13-17(14-16-20)22-21-23(27-26-22)25(29)28(19-11-7-4-8-12-19)24(21)18-9-5-3-6-10-18/h3-16,21-24H,2H2,1H3. The summed E-state index contributed by atoms with van der Waals surface area (Å²) in [6.45, 7) is 2.60. The molecule has 5 rings (SSSR count). The molecule has 3 aromatic rings. The molecule has 3 aromatic carbocycles. The maximum absolute atomic E-state index is 13.4. The lowest BCUT2D eigenvalue weighted by Gasteiger charge is -2.30. The topological polar surface area (TPSA) is 54.3 Å². The van der Waals surface area contributed by atoms with Gasteiger partial charge in [-0.2, -0.15) is 10.2 Å². The molecule has 0 aromatic heterocycles. The van der Waals surface area contributed by atoms with Crippen LogP contribution in [-0.4, -0.2) is 18.6 Å². The SMILES string of the molecule is CCOc1ccc(C2N=NC3C(=O)N(c4ccccc4)C(c4ccccc4)C32)cc1. The molecule has 0 radical (unpaired) electrons. The summed E-state index contributed by atoms with van der Waals surface area (Å²) in [6, 6.07) is 27.3. The maximum atomic E-state index is 13.4. The molecular weight excluding hydrogens is 374 g/mol. The summed E-state index contributed by atoms with van der Waals surface area (Å²) in [4.78, 5) is 15.3. The summed E-state index contributed by atoms with van der Waals surface area (Å²) in [5, 5.41) is 9.01. The number of hydrogen-bond acceptors (Lipinski definition) is 4. The van der Waals surface area contributed by atoms with Crippen molar-refractivity contribution in [3.8, 4) is 5.75 Å². The van der Waals surface area contributed by atoms with E-state index in [0.29, 0.717) is 6.61 Å². The van der Waals surface area contributed by atoms with E-state index in [1.54, 1.807) is 0 Å². The van der Waals surface area contributed by atoms with Crippen LogP contribution in [0.2, 0.25) is 0 Å². The number of carbonyl (C=O) groups is 1. The Kier molecular flexibility index (Phi) is 4.79. The van der Waals surface area contributed by atoms with Crippen LogP contribution in [0.25, 0.3) is 0 Å². The molecular formula is C25H23N3O2. The fourth-order valence-electron chi connectivity index (χ4n) is 4.60. The van der Waals surface area contributed by atoms with E-state index in [-0.39, 0.29) is 23.9 Å². The average Bonchev–Trinajstić information content (AvgIpc) is 3.35. The van der Waals surface area contributed by atoms with Crippen LogP contribution < -0.4 is 9.64 Å². The maximum Gasteiger partial charge on any atom is 0.254 e. The molecule has 0 N–H and O–H groups in total. The summed E-state index contributed by atoms with van der Waals surface area (Å²) in [6.07, 6.45) is 0. The highest BCUT2D eigenvalue weighted by Crippen LogP contribution is 2.52. The van der Waals surface area contributed by atoms with Gasteiger partial charge in [0, 0.05) is 11.6 Å². The first kappa shape index (κ1) is 18.6. The molecule has 4 atom stereocenters. The first-order valence-corrected chi connectivity index (χ1v) is 10.3. The predicted octanol–water partition coefficient (Wildman–Crippen LogP) is 5.37. The minimum Gasteiger partial charge on any atom is -0.494 e. The van der Waals surface area contributed by atoms with Crippen LogP contribution in [0.5, 0.6) is 5.75 Å². The lowest BCUT2D eigenvalue weighted by atomic mass is 9.83. The lowest BCUT2D eigenvalue weighted by molar-refractivity contribution is -0.118. The van der Waals surface area contributed by atoms with E-state index >= 15 is 0 Å². The van der Waals surface area contributed by atoms with Gasteiger partial charge in [-0.15, -0.1) is 0 Å². The number of fused-ring (bicyclic) bond motifs is 1. The van der Waals surface area contributed by atoms with Crippen molar-refractivity contribution in [3.05, 3.63) is 96.1 Å². The molecule has 0 bridgehead atoms. The number of amides is 1. The van der Waals surface area contributed by atoms with Gasteiger partial charge in [0.2, 0.25) is 0 Å². The van der Waals surface area contributed by atoms with Crippen molar-refractivity contribution in [1.82, 2.24) is 0 Å². The third-order valence-electron chi connectivity index (χ3n) is 5.89. The van der Waals surface area contributed by atoms with E-state index in [9.17, 15) is 4.79 Å². The van der Waals surface area contributed by atoms with Gasteiger partial charge in [-0.05, 0) is 42.3 Å². The number of ether oxygens (including phenoxy) is 1. The summed E-state index contributed by atoms with van der Waals surface area (Å²) < 4.78 is 5.58. The number of nitrogens with zero attached hydrogens (tertiary/aromatic N) is 3. The number of para-hydroxylation sites is 1. The average molecular weight is 397 g/mol. The Balaban J connectivity index is 1.57. The minimum absolute atomic E-state index is 0.0113. The summed E-state index contributed by atoms with van der Waals surface area (Å²) in [7, 11) is 0. The summed E-state index contributed by atoms with van der Waals surface area (Å²) in [5.74, 6) is 0.788. The normalized spacial score (nSPS) is 24.8. The predicted molar refractivity (Wildman–Crippen MR) is 116 cm³/mol. The molecule has 0 saturated carbocycles. The van der Waals surface area contributed by atoms with E-state index in [2.05, 4.69) is 22.4 Å². The van der Waals surface area contributed by atoms with Crippen molar-refractivity contribution < 1.29 is 9.53 Å². The third-order valence-corrected chi connectivity index (χ3v) is 5.89. The Morgan fingerprint density at radius 2 is 1.43 bits per heavy atom. The second-order valence-electron chi connectivity index (χ2n) is 7.60. The lowest BCUT2D eigenvalue weighted by Crippen LogP contribution is -2.30. The molecule has 2 heterocycles. The van der Waals surface area contributed by atoms with Gasteiger partial charge in [-0.1, -0.05) is 60.7 Å². The number of carbonyl (C=O) groups excluding carboxylic acids is 1. The van der Waals surface area contributed by atoms with Gasteiger partial charge >= 0.3 is 0 Å². The van der Waals surface area contributed by atoms with Crippen molar-refractivity contribution in [3.63, 3.8) is 0 Å². The van der Waals surface area contributed by atoms with E-state index < -0.39 is 6.04 Å². The highest BCUT2D eigenvalue weighted by Gasteiger charge is 2.56. The molecule has 5 nitrogen and oxygen atoms in total. The van der Waals surface area contributed by atoms with Crippen LogP contribution in [0.4, 0.5) is 5.69 Å². The van der Waals surface area contributed by atoms with Crippen molar-refractivity contribution in [1.29, 1.82) is 0 Å². The smallest absolute Gasteiger partial charge is 0.254 e. The minimum atomic E-state index is -0.466. The number of azo groups is 1. The molecule has 0 spiro atoms. The fourth-order valence-corrected chi connectivity index (χ4v) is 4.60. The molecule has 30 heavy (non-hydrogen) atoms. The Hall–Kier alpha value is -3.47. The third kappa shape index (κ3) is 3.07. The zero-order chi connectivity index (χ0) is 20.5. The molecule has 150 valence electrons. The van der Waals surface area contributed by atoms with Gasteiger partial charge in [0.15, 0.2) is 6.04 Å². The first-order valence-electron chi connectivity index (χ1n) is 10.3. The highest BCUT2D eigenvalue weighted by molar-refractivity contribution is 6.01. The Morgan fingerprint density at radius 1 is 0.800 bits per heavy atom. The van der Waals surface area contributed by atoms with E-state index in [1.807, 2.05) is 84.6 Å². The second-order valence-corrected chi connectivity index (χ2v) is 7.60. The van der Waals surface area contributed by atoms with Crippen molar-refractivity contribution in [2.75, 3.05) is 11.5 Å². The quantitative estimate of drug-likeness (QED) is 0.581. The molecule has 5 heteroatoms. The molecule has 0 aliphatic carbocycles. The van der Waals surface area contributed by atoms with Gasteiger partial charge < -0.3 is 9.64 Å². The Bertz CT molecular complexity index is 1050. The van der Waals surface area contributed by atoms with Crippen molar-refractivity contribution in [2.24, 2.45) is 16.1 Å². The van der Waals surface area contributed by atoms with Crippen LogP contribution in [0, 0.1) is 5.92 Å². The van der Waals surface area contributed by atoms with Crippen LogP contribution in [0.15, 0.2) is 95.2 Å². The molecule has 4 unspecified atom stereocenters. The van der Waals surface area contributed by atoms with Gasteiger partial charge in [0.05, 0.1) is 12.6 Å². The number of anilines is 1. The molecule has 1 saturated heterocycles. The first-order chi connectivity index (χ1) is 14.8. The Labute approximate surface area is 176 Å². The van der Waals surface area contributed by atoms with Crippen molar-refractivity contribution in [2.45, 2.75) is 25.0 Å². The largest absolute Gasteiger partial charge is 0.494 e. The molecule has 2 aliphatic rings. The van der Waals surface area contributed by atoms with E-state index in [4.69, 9.17) is 4.74 Å². The molecule has 1 amide bonds. The number of rotatable bonds is 5. The second kappa shape index (κ2) is 7.75. The number of hydrogen-bond donors (Lipinski definition) is 0. The van der Waals surface area contributed by atoms with Crippen LogP contribution in [-0.2, 0) is 4.79 Å². The number of benzene rings is 3. The van der Waals surface area contributed by atoms with Crippen LogP contribution in [0.3, 0.4) is 0 Å². The Morgan fingerprint density at radius 3 is 2.10 bits per heavy atom. The zero-order valence-corrected chi connectivity index (χ0v) is 16.8. The monoisotopic (exact) mass is 397 g/mol. The van der Waals surface area contributed by atoms with Crippen molar-refractivity contribution >= 4 is 11.6 Å². The van der Waals surface area contributed by atoms with Crippen LogP contribution in [0.1, 0.15) is 30.1 Å². The van der Waals surface area contributed by atoms with Gasteiger partial charge in [0.1, 0.15) is 11.8 Å². The van der Waals surface area contributed by atoms with E-state index in [0.717, 1.165) is 22.6 Å². The van der Waals surface area contributed by atoms with Gasteiger partial charge in [0.25, 0.3) is 5.91 Å². The fraction of sp³-hybridized carbons (Fsp3) is 0.240. The zero-order valence-electron chi connectivity index (χ0n) is 16.8. The van der Waals surface area contributed by atoms with E-state index in [1.165, 1.54) is 0 Å². The summed E-state index contributed by atoms with van der Waals surface area (Å²) >= 11 is 0.